The molecule has 21 heavy (non-hydrogen) atoms. The van der Waals surface area contributed by atoms with Gasteiger partial charge in [0.2, 0.25) is 0 Å². The third-order valence-corrected chi connectivity index (χ3v) is 2.99. The number of aliphatic hydroxyl groups is 1. The summed E-state index contributed by atoms with van der Waals surface area (Å²) in [6.45, 7) is 7.97. The number of hydrogen-bond acceptors (Lipinski definition) is 4. The van der Waals surface area contributed by atoms with Crippen molar-refractivity contribution in [2.45, 2.75) is 39.1 Å². The van der Waals surface area contributed by atoms with E-state index in [2.05, 4.69) is 5.32 Å². The van der Waals surface area contributed by atoms with Gasteiger partial charge in [0.25, 0.3) is 0 Å². The van der Waals surface area contributed by atoms with E-state index in [1.54, 1.807) is 18.2 Å². The van der Waals surface area contributed by atoms with Crippen molar-refractivity contribution in [2.75, 3.05) is 26.3 Å². The topological polar surface area (TPSA) is 50.7 Å². The Morgan fingerprint density at radius 3 is 2.71 bits per heavy atom. The highest BCUT2D eigenvalue weighted by Gasteiger charge is 2.17. The van der Waals surface area contributed by atoms with E-state index in [1.807, 2.05) is 20.8 Å². The molecule has 0 heterocycles. The first-order chi connectivity index (χ1) is 9.94. The van der Waals surface area contributed by atoms with Crippen LogP contribution in [0.1, 0.15) is 26.3 Å². The average Bonchev–Trinajstić information content (AvgIpc) is 2.40. The number of benzene rings is 1. The molecule has 5 heteroatoms. The molecule has 0 fully saturated rings. The van der Waals surface area contributed by atoms with E-state index >= 15 is 0 Å². The van der Waals surface area contributed by atoms with Crippen molar-refractivity contribution in [1.29, 1.82) is 0 Å². The Bertz CT molecular complexity index is 412. The summed E-state index contributed by atoms with van der Waals surface area (Å²) >= 11 is 0. The molecular formula is C16H26FNO3. The van der Waals surface area contributed by atoms with Crippen LogP contribution in [0.5, 0.6) is 0 Å². The molecule has 0 aliphatic carbocycles. The maximum Gasteiger partial charge on any atom is 0.128 e. The van der Waals surface area contributed by atoms with Crippen LogP contribution in [0.25, 0.3) is 0 Å². The number of nitrogens with one attached hydrogen (secondary N) is 1. The average molecular weight is 299 g/mol. The summed E-state index contributed by atoms with van der Waals surface area (Å²) in [4.78, 5) is 0. The first kappa shape index (κ1) is 18.0. The summed E-state index contributed by atoms with van der Waals surface area (Å²) in [5.41, 5.74) is 0.234. The highest BCUT2D eigenvalue weighted by Crippen LogP contribution is 2.08. The first-order valence-electron chi connectivity index (χ1n) is 7.28. The fourth-order valence-electron chi connectivity index (χ4n) is 1.96. The SMILES string of the molecule is CCOC(C)(C)CNCC(O)COCc1ccccc1F. The number of hydrogen-bond donors (Lipinski definition) is 2. The second-order valence-electron chi connectivity index (χ2n) is 5.58. The molecule has 0 saturated heterocycles. The van der Waals surface area contributed by atoms with Crippen molar-refractivity contribution >= 4 is 0 Å². The molecular weight excluding hydrogens is 273 g/mol. The van der Waals surface area contributed by atoms with E-state index in [9.17, 15) is 9.50 Å². The Labute approximate surface area is 126 Å². The van der Waals surface area contributed by atoms with Gasteiger partial charge in [-0.2, -0.15) is 0 Å². The van der Waals surface area contributed by atoms with Gasteiger partial charge in [-0.25, -0.2) is 4.39 Å². The number of aliphatic hydroxyl groups excluding tert-OH is 1. The maximum absolute atomic E-state index is 13.4. The lowest BCUT2D eigenvalue weighted by Crippen LogP contribution is -2.41. The van der Waals surface area contributed by atoms with Crippen LogP contribution in [0.4, 0.5) is 4.39 Å². The van der Waals surface area contributed by atoms with E-state index in [0.717, 1.165) is 0 Å². The molecule has 0 saturated carbocycles. The molecule has 0 aliphatic heterocycles. The van der Waals surface area contributed by atoms with E-state index in [-0.39, 0.29) is 24.6 Å². The molecule has 0 spiro atoms. The minimum atomic E-state index is -0.630. The van der Waals surface area contributed by atoms with Gasteiger partial charge in [0.1, 0.15) is 5.82 Å². The molecule has 4 nitrogen and oxygen atoms in total. The van der Waals surface area contributed by atoms with Crippen molar-refractivity contribution in [3.05, 3.63) is 35.6 Å². The van der Waals surface area contributed by atoms with Crippen molar-refractivity contribution in [2.24, 2.45) is 0 Å². The van der Waals surface area contributed by atoms with Gasteiger partial charge in [-0.05, 0) is 26.8 Å². The fraction of sp³-hybridized carbons (Fsp3) is 0.625. The molecule has 1 unspecified atom stereocenters. The zero-order valence-corrected chi connectivity index (χ0v) is 13.1. The Kier molecular flexibility index (Phi) is 7.82. The Morgan fingerprint density at radius 1 is 1.33 bits per heavy atom. The molecule has 0 aliphatic rings. The maximum atomic E-state index is 13.4. The van der Waals surface area contributed by atoms with Gasteiger partial charge in [-0.15, -0.1) is 0 Å². The standard InChI is InChI=1S/C16H26FNO3/c1-4-21-16(2,3)12-18-9-14(19)11-20-10-13-7-5-6-8-15(13)17/h5-8,14,18-19H,4,9-12H2,1-3H3. The van der Waals surface area contributed by atoms with Gasteiger partial charge in [-0.1, -0.05) is 18.2 Å². The molecule has 1 atom stereocenters. The van der Waals surface area contributed by atoms with Crippen molar-refractivity contribution in [3.63, 3.8) is 0 Å². The monoisotopic (exact) mass is 299 g/mol. The van der Waals surface area contributed by atoms with Crippen LogP contribution in [0.15, 0.2) is 24.3 Å². The van der Waals surface area contributed by atoms with Crippen molar-refractivity contribution < 1.29 is 19.0 Å². The quantitative estimate of drug-likeness (QED) is 0.695. The smallest absolute Gasteiger partial charge is 0.128 e. The van der Waals surface area contributed by atoms with E-state index < -0.39 is 6.10 Å². The molecule has 0 radical (unpaired) electrons. The zero-order valence-electron chi connectivity index (χ0n) is 13.1. The zero-order chi connectivity index (χ0) is 15.7. The molecule has 0 amide bonds. The van der Waals surface area contributed by atoms with Crippen LogP contribution in [-0.2, 0) is 16.1 Å². The van der Waals surface area contributed by atoms with Crippen LogP contribution in [0, 0.1) is 5.82 Å². The van der Waals surface area contributed by atoms with Gasteiger partial charge in [-0.3, -0.25) is 0 Å². The van der Waals surface area contributed by atoms with E-state index in [0.29, 0.717) is 25.3 Å². The van der Waals surface area contributed by atoms with E-state index in [4.69, 9.17) is 9.47 Å². The summed E-state index contributed by atoms with van der Waals surface area (Å²) in [6, 6.07) is 6.46. The Hall–Kier alpha value is -1.01. The van der Waals surface area contributed by atoms with Crippen LogP contribution < -0.4 is 5.32 Å². The highest BCUT2D eigenvalue weighted by atomic mass is 19.1. The summed E-state index contributed by atoms with van der Waals surface area (Å²) in [6.07, 6.45) is -0.630. The minimum Gasteiger partial charge on any atom is -0.389 e. The fourth-order valence-corrected chi connectivity index (χ4v) is 1.96. The van der Waals surface area contributed by atoms with Gasteiger partial charge in [0.15, 0.2) is 0 Å². The van der Waals surface area contributed by atoms with Crippen LogP contribution >= 0.6 is 0 Å². The minimum absolute atomic E-state index is 0.161. The van der Waals surface area contributed by atoms with Crippen molar-refractivity contribution in [1.82, 2.24) is 5.32 Å². The highest BCUT2D eigenvalue weighted by molar-refractivity contribution is 5.16. The Balaban J connectivity index is 2.17. The van der Waals surface area contributed by atoms with Gasteiger partial charge in [0, 0.05) is 25.3 Å². The lowest BCUT2D eigenvalue weighted by Gasteiger charge is -2.25. The normalized spacial score (nSPS) is 13.4. The van der Waals surface area contributed by atoms with Gasteiger partial charge < -0.3 is 19.9 Å². The van der Waals surface area contributed by atoms with Crippen LogP contribution in [-0.4, -0.2) is 43.1 Å². The molecule has 1 aromatic rings. The van der Waals surface area contributed by atoms with Crippen LogP contribution in [0.2, 0.25) is 0 Å². The lowest BCUT2D eigenvalue weighted by atomic mass is 10.1. The predicted octanol–water partition coefficient (Wildman–Crippen LogP) is 2.11. The number of halogens is 1. The summed E-state index contributed by atoms with van der Waals surface area (Å²) in [5.74, 6) is -0.288. The second kappa shape index (κ2) is 9.10. The first-order valence-corrected chi connectivity index (χ1v) is 7.28. The largest absolute Gasteiger partial charge is 0.389 e. The summed E-state index contributed by atoms with van der Waals surface area (Å²) in [5, 5.41) is 12.9. The molecule has 0 bridgehead atoms. The van der Waals surface area contributed by atoms with Gasteiger partial charge >= 0.3 is 0 Å². The summed E-state index contributed by atoms with van der Waals surface area (Å²) in [7, 11) is 0. The van der Waals surface area contributed by atoms with Gasteiger partial charge in [0.05, 0.1) is 24.9 Å². The molecule has 120 valence electrons. The molecule has 2 N–H and O–H groups in total. The third-order valence-electron chi connectivity index (χ3n) is 2.99. The molecule has 1 rings (SSSR count). The lowest BCUT2D eigenvalue weighted by molar-refractivity contribution is -0.0142. The predicted molar refractivity (Wildman–Crippen MR) is 80.6 cm³/mol. The van der Waals surface area contributed by atoms with Crippen molar-refractivity contribution in [3.8, 4) is 0 Å². The Morgan fingerprint density at radius 2 is 2.05 bits per heavy atom. The molecule has 1 aromatic carbocycles. The summed E-state index contributed by atoms with van der Waals surface area (Å²) < 4.78 is 24.2. The van der Waals surface area contributed by atoms with E-state index in [1.165, 1.54) is 6.07 Å². The number of ether oxygens (including phenoxy) is 2. The number of rotatable bonds is 10. The molecule has 0 aromatic heterocycles. The third kappa shape index (κ3) is 7.52. The second-order valence-corrected chi connectivity index (χ2v) is 5.58. The van der Waals surface area contributed by atoms with Crippen LogP contribution in [0.3, 0.4) is 0 Å².